The van der Waals surface area contributed by atoms with Gasteiger partial charge in [0.15, 0.2) is 5.78 Å². The van der Waals surface area contributed by atoms with Gasteiger partial charge in [0.05, 0.1) is 6.10 Å². The summed E-state index contributed by atoms with van der Waals surface area (Å²) in [5.74, 6) is -1.48. The van der Waals surface area contributed by atoms with Crippen molar-refractivity contribution in [1.29, 1.82) is 0 Å². The maximum absolute atomic E-state index is 12.7. The van der Waals surface area contributed by atoms with Crippen LogP contribution in [0.25, 0.3) is 0 Å². The zero-order valence-electron chi connectivity index (χ0n) is 12.9. The highest BCUT2D eigenvalue weighted by Crippen LogP contribution is 2.17. The second-order valence-electron chi connectivity index (χ2n) is 5.46. The van der Waals surface area contributed by atoms with Crippen molar-refractivity contribution in [3.8, 4) is 0 Å². The number of hydrogen-bond acceptors (Lipinski definition) is 3. The summed E-state index contributed by atoms with van der Waals surface area (Å²) in [6.45, 7) is 3.56. The molecule has 2 rings (SSSR count). The van der Waals surface area contributed by atoms with Gasteiger partial charge in [-0.3, -0.25) is 9.59 Å². The van der Waals surface area contributed by atoms with E-state index < -0.39 is 11.9 Å². The summed E-state index contributed by atoms with van der Waals surface area (Å²) in [5, 5.41) is 0. The van der Waals surface area contributed by atoms with Crippen LogP contribution in [0.4, 0.5) is 0 Å². The summed E-state index contributed by atoms with van der Waals surface area (Å²) in [4.78, 5) is 25.0. The Labute approximate surface area is 130 Å². The molecule has 0 N–H and O–H groups in total. The highest BCUT2D eigenvalue weighted by molar-refractivity contribution is 6.08. The summed E-state index contributed by atoms with van der Waals surface area (Å²) >= 11 is 0. The van der Waals surface area contributed by atoms with Crippen molar-refractivity contribution in [2.75, 3.05) is 0 Å². The second-order valence-corrected chi connectivity index (χ2v) is 5.46. The largest absolute Gasteiger partial charge is 0.462 e. The number of Topliss-reactive ketones (excluding diaryl/α,β-unsaturated/α-hetero) is 1. The molecule has 0 saturated heterocycles. The van der Waals surface area contributed by atoms with E-state index >= 15 is 0 Å². The molecular formula is C19H20O3. The maximum atomic E-state index is 12.7. The van der Waals surface area contributed by atoms with Crippen LogP contribution in [0, 0.1) is 5.92 Å². The molecule has 0 amide bonds. The molecule has 0 radical (unpaired) electrons. The molecule has 2 aromatic rings. The molecule has 0 aromatic heterocycles. The molecule has 2 aromatic carbocycles. The van der Waals surface area contributed by atoms with Crippen LogP contribution >= 0.6 is 0 Å². The van der Waals surface area contributed by atoms with E-state index in [1.807, 2.05) is 36.4 Å². The molecule has 1 atom stereocenters. The van der Waals surface area contributed by atoms with Crippen LogP contribution in [0.2, 0.25) is 0 Å². The van der Waals surface area contributed by atoms with E-state index in [2.05, 4.69) is 0 Å². The lowest BCUT2D eigenvalue weighted by Crippen LogP contribution is -2.30. The fraction of sp³-hybridized carbons (Fsp3) is 0.263. The molecule has 1 unspecified atom stereocenters. The van der Waals surface area contributed by atoms with Gasteiger partial charge in [0.25, 0.3) is 0 Å². The standard InChI is InChI=1S/C19H20O3/c1-14(2)22-19(21)17(13-15-9-5-3-6-10-15)18(20)16-11-7-4-8-12-16/h3-12,14,17H,13H2,1-2H3. The van der Waals surface area contributed by atoms with Crippen molar-refractivity contribution in [3.63, 3.8) is 0 Å². The summed E-state index contributed by atoms with van der Waals surface area (Å²) in [6, 6.07) is 18.4. The average Bonchev–Trinajstić information content (AvgIpc) is 2.53. The number of carbonyl (C=O) groups excluding carboxylic acids is 2. The molecule has 3 nitrogen and oxygen atoms in total. The topological polar surface area (TPSA) is 43.4 Å². The van der Waals surface area contributed by atoms with E-state index in [0.29, 0.717) is 12.0 Å². The second kappa shape index (κ2) is 7.55. The van der Waals surface area contributed by atoms with Gasteiger partial charge in [0.1, 0.15) is 5.92 Å². The lowest BCUT2D eigenvalue weighted by atomic mass is 9.91. The van der Waals surface area contributed by atoms with Crippen molar-refractivity contribution in [2.45, 2.75) is 26.4 Å². The van der Waals surface area contributed by atoms with E-state index in [1.165, 1.54) is 0 Å². The molecular weight excluding hydrogens is 276 g/mol. The van der Waals surface area contributed by atoms with Gasteiger partial charge >= 0.3 is 5.97 Å². The fourth-order valence-corrected chi connectivity index (χ4v) is 2.25. The van der Waals surface area contributed by atoms with Gasteiger partial charge < -0.3 is 4.74 Å². The Kier molecular flexibility index (Phi) is 5.48. The van der Waals surface area contributed by atoms with Crippen LogP contribution < -0.4 is 0 Å². The predicted octanol–water partition coefficient (Wildman–Crippen LogP) is 3.68. The minimum atomic E-state index is -0.813. The molecule has 0 saturated carbocycles. The van der Waals surface area contributed by atoms with Crippen molar-refractivity contribution in [2.24, 2.45) is 5.92 Å². The number of carbonyl (C=O) groups is 2. The summed E-state index contributed by atoms with van der Waals surface area (Å²) in [7, 11) is 0. The summed E-state index contributed by atoms with van der Waals surface area (Å²) in [6.07, 6.45) is 0.106. The Morgan fingerprint density at radius 1 is 0.909 bits per heavy atom. The van der Waals surface area contributed by atoms with Gasteiger partial charge in [0.2, 0.25) is 0 Å². The third-order valence-electron chi connectivity index (χ3n) is 3.29. The van der Waals surface area contributed by atoms with Gasteiger partial charge in [-0.05, 0) is 25.8 Å². The van der Waals surface area contributed by atoms with Crippen LogP contribution in [0.5, 0.6) is 0 Å². The number of ether oxygens (including phenoxy) is 1. The average molecular weight is 296 g/mol. The first-order valence-electron chi connectivity index (χ1n) is 7.41. The first-order chi connectivity index (χ1) is 10.6. The number of esters is 1. The van der Waals surface area contributed by atoms with Crippen LogP contribution in [-0.4, -0.2) is 17.9 Å². The van der Waals surface area contributed by atoms with Gasteiger partial charge in [-0.25, -0.2) is 0 Å². The van der Waals surface area contributed by atoms with Gasteiger partial charge in [0, 0.05) is 5.56 Å². The Hall–Kier alpha value is -2.42. The van der Waals surface area contributed by atoms with Crippen molar-refractivity contribution < 1.29 is 14.3 Å². The molecule has 0 bridgehead atoms. The Morgan fingerprint density at radius 3 is 2.00 bits per heavy atom. The normalized spacial score (nSPS) is 12.0. The molecule has 0 heterocycles. The van der Waals surface area contributed by atoms with Gasteiger partial charge in [-0.2, -0.15) is 0 Å². The van der Waals surface area contributed by atoms with Crippen LogP contribution in [0.1, 0.15) is 29.8 Å². The highest BCUT2D eigenvalue weighted by Gasteiger charge is 2.29. The van der Waals surface area contributed by atoms with E-state index in [-0.39, 0.29) is 11.9 Å². The van der Waals surface area contributed by atoms with E-state index in [1.54, 1.807) is 38.1 Å². The summed E-state index contributed by atoms with van der Waals surface area (Å²) in [5.41, 5.74) is 1.47. The SMILES string of the molecule is CC(C)OC(=O)C(Cc1ccccc1)C(=O)c1ccccc1. The molecule has 22 heavy (non-hydrogen) atoms. The van der Waals surface area contributed by atoms with Gasteiger partial charge in [-0.1, -0.05) is 60.7 Å². The van der Waals surface area contributed by atoms with E-state index in [0.717, 1.165) is 5.56 Å². The zero-order valence-corrected chi connectivity index (χ0v) is 12.9. The Morgan fingerprint density at radius 2 is 1.45 bits per heavy atom. The molecule has 0 fully saturated rings. The quantitative estimate of drug-likeness (QED) is 0.464. The van der Waals surface area contributed by atoms with Gasteiger partial charge in [-0.15, -0.1) is 0 Å². The first kappa shape index (κ1) is 16.0. The highest BCUT2D eigenvalue weighted by atomic mass is 16.5. The fourth-order valence-electron chi connectivity index (χ4n) is 2.25. The number of hydrogen-bond donors (Lipinski definition) is 0. The third kappa shape index (κ3) is 4.29. The summed E-state index contributed by atoms with van der Waals surface area (Å²) < 4.78 is 5.27. The third-order valence-corrected chi connectivity index (χ3v) is 3.29. The van der Waals surface area contributed by atoms with Crippen LogP contribution in [-0.2, 0) is 16.0 Å². The Balaban J connectivity index is 2.25. The maximum Gasteiger partial charge on any atom is 0.317 e. The van der Waals surface area contributed by atoms with Crippen LogP contribution in [0.3, 0.4) is 0 Å². The smallest absolute Gasteiger partial charge is 0.317 e. The number of ketones is 1. The molecule has 3 heteroatoms. The lowest BCUT2D eigenvalue weighted by Gasteiger charge is -2.17. The van der Waals surface area contributed by atoms with E-state index in [9.17, 15) is 9.59 Å². The lowest BCUT2D eigenvalue weighted by molar-refractivity contribution is -0.150. The monoisotopic (exact) mass is 296 g/mol. The number of benzene rings is 2. The van der Waals surface area contributed by atoms with Crippen molar-refractivity contribution in [1.82, 2.24) is 0 Å². The predicted molar refractivity (Wildman–Crippen MR) is 85.6 cm³/mol. The number of rotatable bonds is 6. The van der Waals surface area contributed by atoms with Crippen LogP contribution in [0.15, 0.2) is 60.7 Å². The molecule has 0 aliphatic rings. The Bertz CT molecular complexity index is 618. The molecule has 0 spiro atoms. The first-order valence-corrected chi connectivity index (χ1v) is 7.41. The van der Waals surface area contributed by atoms with E-state index in [4.69, 9.17) is 4.74 Å². The molecule has 114 valence electrons. The molecule has 0 aliphatic heterocycles. The molecule has 0 aliphatic carbocycles. The van der Waals surface area contributed by atoms with Crippen molar-refractivity contribution >= 4 is 11.8 Å². The van der Waals surface area contributed by atoms with Crippen molar-refractivity contribution in [3.05, 3.63) is 71.8 Å². The minimum Gasteiger partial charge on any atom is -0.462 e. The minimum absolute atomic E-state index is 0.199. The zero-order chi connectivity index (χ0) is 15.9.